The summed E-state index contributed by atoms with van der Waals surface area (Å²) in [6, 6.07) is 8.09. The van der Waals surface area contributed by atoms with Crippen molar-refractivity contribution in [1.29, 1.82) is 0 Å². The lowest BCUT2D eigenvalue weighted by atomic mass is 10.0. The van der Waals surface area contributed by atoms with E-state index < -0.39 is 0 Å². The van der Waals surface area contributed by atoms with Crippen molar-refractivity contribution in [2.75, 3.05) is 29.7 Å². The van der Waals surface area contributed by atoms with Crippen molar-refractivity contribution in [3.05, 3.63) is 36.2 Å². The van der Waals surface area contributed by atoms with E-state index >= 15 is 0 Å². The molecule has 2 aromatic rings. The summed E-state index contributed by atoms with van der Waals surface area (Å²) in [6.45, 7) is 4.17. The van der Waals surface area contributed by atoms with Crippen molar-refractivity contribution < 1.29 is 0 Å². The number of aromatic nitrogens is 2. The Hall–Kier alpha value is -2.34. The zero-order valence-electron chi connectivity index (χ0n) is 12.9. The average Bonchev–Trinajstić information content (AvgIpc) is 2.47. The minimum atomic E-state index is 0.242. The maximum Gasteiger partial charge on any atom is 0.148 e. The molecule has 1 aromatic carbocycles. The summed E-state index contributed by atoms with van der Waals surface area (Å²) in [5, 5.41) is 3.39. The molecule has 6 nitrogen and oxygen atoms in total. The van der Waals surface area contributed by atoms with Gasteiger partial charge in [-0.15, -0.1) is 0 Å². The van der Waals surface area contributed by atoms with Crippen molar-refractivity contribution in [3.63, 3.8) is 0 Å². The highest BCUT2D eigenvalue weighted by Crippen LogP contribution is 2.32. The van der Waals surface area contributed by atoms with Gasteiger partial charge in [-0.25, -0.2) is 15.8 Å². The first-order chi connectivity index (χ1) is 10.0. The van der Waals surface area contributed by atoms with E-state index in [1.165, 1.54) is 6.33 Å². The quantitative estimate of drug-likeness (QED) is 0.579. The van der Waals surface area contributed by atoms with E-state index in [1.54, 1.807) is 0 Å². The number of nitrogens with zero attached hydrogens (tertiary/aromatic N) is 3. The summed E-state index contributed by atoms with van der Waals surface area (Å²) >= 11 is 0. The summed E-state index contributed by atoms with van der Waals surface area (Å²) in [5.74, 6) is 7.20. The van der Waals surface area contributed by atoms with E-state index in [0.29, 0.717) is 5.82 Å². The molecule has 0 bridgehead atoms. The van der Waals surface area contributed by atoms with Crippen molar-refractivity contribution in [2.45, 2.75) is 19.8 Å². The largest absolute Gasteiger partial charge is 0.376 e. The molecule has 0 radical (unpaired) electrons. The van der Waals surface area contributed by atoms with Crippen LogP contribution in [0, 0.1) is 0 Å². The van der Waals surface area contributed by atoms with Gasteiger partial charge in [0, 0.05) is 19.7 Å². The first kappa shape index (κ1) is 15.1. The lowest BCUT2D eigenvalue weighted by Gasteiger charge is -2.20. The number of para-hydroxylation sites is 2. The van der Waals surface area contributed by atoms with Crippen molar-refractivity contribution in [1.82, 2.24) is 9.97 Å². The van der Waals surface area contributed by atoms with Crippen LogP contribution in [0.3, 0.4) is 0 Å². The summed E-state index contributed by atoms with van der Waals surface area (Å²) < 4.78 is 0. The summed E-state index contributed by atoms with van der Waals surface area (Å²) in [7, 11) is 4.02. The average molecular weight is 286 g/mol. The van der Waals surface area contributed by atoms with Crippen LogP contribution in [0.15, 0.2) is 30.6 Å². The van der Waals surface area contributed by atoms with Gasteiger partial charge >= 0.3 is 0 Å². The van der Waals surface area contributed by atoms with Gasteiger partial charge in [0.1, 0.15) is 18.0 Å². The van der Waals surface area contributed by atoms with Gasteiger partial charge in [0.15, 0.2) is 0 Å². The van der Waals surface area contributed by atoms with Crippen LogP contribution < -0.4 is 21.5 Å². The lowest BCUT2D eigenvalue weighted by molar-refractivity contribution is 0.850. The van der Waals surface area contributed by atoms with Gasteiger partial charge in [0.25, 0.3) is 0 Å². The Kier molecular flexibility index (Phi) is 4.59. The highest BCUT2D eigenvalue weighted by molar-refractivity contribution is 5.76. The van der Waals surface area contributed by atoms with Crippen LogP contribution in [0.2, 0.25) is 0 Å². The number of nitrogen functional groups attached to an aromatic ring is 1. The Bertz CT molecular complexity index is 609. The number of anilines is 4. The smallest absolute Gasteiger partial charge is 0.148 e. The third kappa shape index (κ3) is 3.22. The second kappa shape index (κ2) is 6.41. The zero-order chi connectivity index (χ0) is 15.4. The Morgan fingerprint density at radius 3 is 2.38 bits per heavy atom. The third-order valence-electron chi connectivity index (χ3n) is 3.24. The molecule has 0 saturated carbocycles. The van der Waals surface area contributed by atoms with Crippen LogP contribution >= 0.6 is 0 Å². The van der Waals surface area contributed by atoms with Gasteiger partial charge in [-0.2, -0.15) is 0 Å². The molecular weight excluding hydrogens is 264 g/mol. The summed E-state index contributed by atoms with van der Waals surface area (Å²) in [4.78, 5) is 10.6. The maximum atomic E-state index is 5.55. The van der Waals surface area contributed by atoms with E-state index in [1.807, 2.05) is 32.3 Å². The van der Waals surface area contributed by atoms with Crippen LogP contribution in [0.5, 0.6) is 0 Å². The molecule has 0 spiro atoms. The van der Waals surface area contributed by atoms with E-state index in [2.05, 4.69) is 45.5 Å². The predicted molar refractivity (Wildman–Crippen MR) is 88.0 cm³/mol. The van der Waals surface area contributed by atoms with E-state index in [-0.39, 0.29) is 5.92 Å². The number of rotatable bonds is 5. The molecule has 0 saturated heterocycles. The molecule has 4 N–H and O–H groups in total. The van der Waals surface area contributed by atoms with Gasteiger partial charge in [-0.1, -0.05) is 26.0 Å². The van der Waals surface area contributed by atoms with Crippen molar-refractivity contribution in [2.24, 2.45) is 5.84 Å². The molecule has 0 unspecified atom stereocenters. The van der Waals surface area contributed by atoms with Gasteiger partial charge < -0.3 is 15.6 Å². The number of nitrogens with two attached hydrogens (primary N) is 1. The molecular formula is C15H22N6. The van der Waals surface area contributed by atoms with E-state index in [9.17, 15) is 0 Å². The first-order valence-electron chi connectivity index (χ1n) is 6.89. The van der Waals surface area contributed by atoms with Crippen LogP contribution in [-0.2, 0) is 0 Å². The van der Waals surface area contributed by atoms with Gasteiger partial charge in [-0.05, 0) is 18.1 Å². The zero-order valence-corrected chi connectivity index (χ0v) is 12.9. The molecule has 0 amide bonds. The second-order valence-corrected chi connectivity index (χ2v) is 5.32. The van der Waals surface area contributed by atoms with Gasteiger partial charge in [0.2, 0.25) is 0 Å². The normalized spacial score (nSPS) is 10.6. The molecule has 0 fully saturated rings. The Balaban J connectivity index is 2.45. The number of benzene rings is 1. The van der Waals surface area contributed by atoms with Crippen LogP contribution in [0.4, 0.5) is 23.0 Å². The molecule has 0 aliphatic carbocycles. The SMILES string of the molecule is CC(C)c1c(NN)ncnc1Nc1ccccc1N(C)C. The lowest BCUT2D eigenvalue weighted by Crippen LogP contribution is -2.15. The maximum absolute atomic E-state index is 5.55. The van der Waals surface area contributed by atoms with E-state index in [0.717, 1.165) is 22.8 Å². The van der Waals surface area contributed by atoms with Crippen LogP contribution in [0.25, 0.3) is 0 Å². The number of hydrogen-bond acceptors (Lipinski definition) is 6. The second-order valence-electron chi connectivity index (χ2n) is 5.32. The highest BCUT2D eigenvalue weighted by Gasteiger charge is 2.15. The standard InChI is InChI=1S/C15H22N6/c1-10(2)13-14(17-9-18-15(13)20-16)19-11-7-5-6-8-12(11)21(3)4/h5-10H,16H2,1-4H3,(H2,17,18,19,20). The molecule has 1 heterocycles. The summed E-state index contributed by atoms with van der Waals surface area (Å²) in [5.41, 5.74) is 5.69. The first-order valence-corrected chi connectivity index (χ1v) is 6.89. The van der Waals surface area contributed by atoms with Crippen molar-refractivity contribution in [3.8, 4) is 0 Å². The molecule has 6 heteroatoms. The predicted octanol–water partition coefficient (Wildman–Crippen LogP) is 2.70. The molecule has 1 aromatic heterocycles. The van der Waals surface area contributed by atoms with Crippen LogP contribution in [-0.4, -0.2) is 24.1 Å². The molecule has 0 aliphatic heterocycles. The molecule has 0 aliphatic rings. The van der Waals surface area contributed by atoms with E-state index in [4.69, 9.17) is 5.84 Å². The third-order valence-corrected chi connectivity index (χ3v) is 3.24. The molecule has 21 heavy (non-hydrogen) atoms. The Morgan fingerprint density at radius 1 is 1.10 bits per heavy atom. The fraction of sp³-hybridized carbons (Fsp3) is 0.333. The Labute approximate surface area is 125 Å². The monoisotopic (exact) mass is 286 g/mol. The van der Waals surface area contributed by atoms with Gasteiger partial charge in [-0.3, -0.25) is 0 Å². The number of nitrogens with one attached hydrogen (secondary N) is 2. The van der Waals surface area contributed by atoms with Crippen molar-refractivity contribution >= 4 is 23.0 Å². The Morgan fingerprint density at radius 2 is 1.76 bits per heavy atom. The van der Waals surface area contributed by atoms with Crippen LogP contribution in [0.1, 0.15) is 25.3 Å². The topological polar surface area (TPSA) is 79.1 Å². The minimum Gasteiger partial charge on any atom is -0.376 e. The molecule has 0 atom stereocenters. The fourth-order valence-corrected chi connectivity index (χ4v) is 2.25. The van der Waals surface area contributed by atoms with Gasteiger partial charge in [0.05, 0.1) is 11.4 Å². The number of hydrogen-bond donors (Lipinski definition) is 3. The summed E-state index contributed by atoms with van der Waals surface area (Å²) in [6.07, 6.45) is 1.50. The highest BCUT2D eigenvalue weighted by atomic mass is 15.3. The molecule has 2 rings (SSSR count). The number of hydrazine groups is 1. The molecule has 112 valence electrons. The fourth-order valence-electron chi connectivity index (χ4n) is 2.25. The minimum absolute atomic E-state index is 0.242.